The predicted octanol–water partition coefficient (Wildman–Crippen LogP) is 2.01. The van der Waals surface area contributed by atoms with Gasteiger partial charge < -0.3 is 14.7 Å². The molecule has 1 saturated heterocycles. The van der Waals surface area contributed by atoms with Gasteiger partial charge in [-0.3, -0.25) is 9.59 Å². The molecule has 5 nitrogen and oxygen atoms in total. The minimum Gasteiger partial charge on any atom is -0.493 e. The van der Waals surface area contributed by atoms with Gasteiger partial charge in [-0.05, 0) is 31.9 Å². The van der Waals surface area contributed by atoms with Gasteiger partial charge in [-0.15, -0.1) is 0 Å². The first-order valence-corrected chi connectivity index (χ1v) is 7.18. The second kappa shape index (κ2) is 6.61. The van der Waals surface area contributed by atoms with Gasteiger partial charge in [0.15, 0.2) is 0 Å². The third-order valence-electron chi connectivity index (χ3n) is 3.79. The average molecular weight is 291 g/mol. The third-order valence-corrected chi connectivity index (χ3v) is 3.79. The van der Waals surface area contributed by atoms with Crippen LogP contribution >= 0.6 is 0 Å². The van der Waals surface area contributed by atoms with Crippen molar-refractivity contribution in [1.82, 2.24) is 4.90 Å². The number of rotatable bonds is 5. The van der Waals surface area contributed by atoms with Gasteiger partial charge in [0.2, 0.25) is 5.91 Å². The highest BCUT2D eigenvalue weighted by Crippen LogP contribution is 2.20. The van der Waals surface area contributed by atoms with Crippen molar-refractivity contribution in [3.05, 3.63) is 29.3 Å². The van der Waals surface area contributed by atoms with Gasteiger partial charge in [0.1, 0.15) is 5.75 Å². The molecule has 0 saturated carbocycles. The van der Waals surface area contributed by atoms with E-state index in [4.69, 9.17) is 9.84 Å². The standard InChI is InChI=1S/C16H21NO4/c1-11-3-4-14(12(2)9-11)21-8-6-15(18)17-7-5-13(10-17)16(19)20/h3-4,9,13H,5-8,10H2,1-2H3,(H,19,20)/t13-/m0/s1. The minimum atomic E-state index is -0.822. The van der Waals surface area contributed by atoms with Gasteiger partial charge in [0.25, 0.3) is 0 Å². The summed E-state index contributed by atoms with van der Waals surface area (Å²) in [6.45, 7) is 5.16. The van der Waals surface area contributed by atoms with Crippen molar-refractivity contribution in [3.8, 4) is 5.75 Å². The molecule has 0 bridgehead atoms. The number of likely N-dealkylation sites (tertiary alicyclic amines) is 1. The fourth-order valence-electron chi connectivity index (χ4n) is 2.56. The van der Waals surface area contributed by atoms with Gasteiger partial charge in [-0.25, -0.2) is 0 Å². The van der Waals surface area contributed by atoms with Crippen LogP contribution in [0.15, 0.2) is 18.2 Å². The van der Waals surface area contributed by atoms with Crippen molar-refractivity contribution in [1.29, 1.82) is 0 Å². The Balaban J connectivity index is 1.78. The lowest BCUT2D eigenvalue weighted by atomic mass is 10.1. The average Bonchev–Trinajstić information content (AvgIpc) is 2.91. The lowest BCUT2D eigenvalue weighted by Crippen LogP contribution is -2.30. The Hall–Kier alpha value is -2.04. The lowest BCUT2D eigenvalue weighted by molar-refractivity contribution is -0.141. The van der Waals surface area contributed by atoms with E-state index in [1.165, 1.54) is 5.56 Å². The van der Waals surface area contributed by atoms with Crippen LogP contribution in [-0.4, -0.2) is 41.6 Å². The van der Waals surface area contributed by atoms with E-state index in [0.29, 0.717) is 26.1 Å². The molecule has 1 N–H and O–H groups in total. The second-order valence-electron chi connectivity index (χ2n) is 5.53. The van der Waals surface area contributed by atoms with Crippen LogP contribution in [0.4, 0.5) is 0 Å². The second-order valence-corrected chi connectivity index (χ2v) is 5.53. The van der Waals surface area contributed by atoms with Gasteiger partial charge in [0.05, 0.1) is 18.9 Å². The number of carboxylic acids is 1. The van der Waals surface area contributed by atoms with Crippen LogP contribution in [-0.2, 0) is 9.59 Å². The maximum absolute atomic E-state index is 12.0. The molecule has 1 amide bonds. The zero-order chi connectivity index (χ0) is 15.4. The predicted molar refractivity (Wildman–Crippen MR) is 78.4 cm³/mol. The van der Waals surface area contributed by atoms with E-state index in [1.807, 2.05) is 32.0 Å². The molecule has 1 aromatic rings. The largest absolute Gasteiger partial charge is 0.493 e. The molecule has 1 fully saturated rings. The molecule has 0 radical (unpaired) electrons. The summed E-state index contributed by atoms with van der Waals surface area (Å²) < 4.78 is 5.63. The Morgan fingerprint density at radius 3 is 2.76 bits per heavy atom. The molecule has 0 aliphatic carbocycles. The highest BCUT2D eigenvalue weighted by atomic mass is 16.5. The van der Waals surface area contributed by atoms with E-state index in [2.05, 4.69) is 0 Å². The van der Waals surface area contributed by atoms with Crippen molar-refractivity contribution >= 4 is 11.9 Å². The number of benzene rings is 1. The first kappa shape index (κ1) is 15.4. The lowest BCUT2D eigenvalue weighted by Gasteiger charge is -2.16. The number of hydrogen-bond acceptors (Lipinski definition) is 3. The summed E-state index contributed by atoms with van der Waals surface area (Å²) in [5.41, 5.74) is 2.22. The Bertz CT molecular complexity index is 541. The molecule has 5 heteroatoms. The quantitative estimate of drug-likeness (QED) is 0.901. The molecular formula is C16H21NO4. The molecule has 1 aliphatic heterocycles. The van der Waals surface area contributed by atoms with Crippen LogP contribution < -0.4 is 4.74 Å². The number of carbonyl (C=O) groups is 2. The highest BCUT2D eigenvalue weighted by Gasteiger charge is 2.30. The van der Waals surface area contributed by atoms with E-state index in [-0.39, 0.29) is 12.3 Å². The molecule has 114 valence electrons. The first-order chi connectivity index (χ1) is 9.97. The summed E-state index contributed by atoms with van der Waals surface area (Å²) in [5, 5.41) is 8.93. The molecule has 0 aromatic heterocycles. The van der Waals surface area contributed by atoms with E-state index >= 15 is 0 Å². The van der Waals surface area contributed by atoms with Gasteiger partial charge in [-0.2, -0.15) is 0 Å². The topological polar surface area (TPSA) is 66.8 Å². The number of carbonyl (C=O) groups excluding carboxylic acids is 1. The molecule has 2 rings (SSSR count). The van der Waals surface area contributed by atoms with E-state index in [0.717, 1.165) is 11.3 Å². The van der Waals surface area contributed by atoms with Crippen LogP contribution in [0.1, 0.15) is 24.0 Å². The minimum absolute atomic E-state index is 0.0384. The number of aliphatic carboxylic acids is 1. The van der Waals surface area contributed by atoms with E-state index < -0.39 is 11.9 Å². The Labute approximate surface area is 124 Å². The smallest absolute Gasteiger partial charge is 0.308 e. The summed E-state index contributed by atoms with van der Waals surface area (Å²) in [7, 11) is 0. The summed E-state index contributed by atoms with van der Waals surface area (Å²) in [4.78, 5) is 24.5. The Kier molecular flexibility index (Phi) is 4.83. The number of aryl methyl sites for hydroxylation is 2. The van der Waals surface area contributed by atoms with Crippen LogP contribution in [0, 0.1) is 19.8 Å². The van der Waals surface area contributed by atoms with E-state index in [1.54, 1.807) is 4.90 Å². The molecular weight excluding hydrogens is 270 g/mol. The van der Waals surface area contributed by atoms with Crippen molar-refractivity contribution in [2.45, 2.75) is 26.7 Å². The zero-order valence-corrected chi connectivity index (χ0v) is 12.5. The van der Waals surface area contributed by atoms with Gasteiger partial charge in [-0.1, -0.05) is 17.7 Å². The van der Waals surface area contributed by atoms with Crippen molar-refractivity contribution in [3.63, 3.8) is 0 Å². The van der Waals surface area contributed by atoms with Crippen LogP contribution in [0.3, 0.4) is 0 Å². The number of hydrogen-bond donors (Lipinski definition) is 1. The molecule has 0 unspecified atom stereocenters. The Morgan fingerprint density at radius 2 is 2.14 bits per heavy atom. The van der Waals surface area contributed by atoms with Crippen molar-refractivity contribution in [2.24, 2.45) is 5.92 Å². The third kappa shape index (κ3) is 3.97. The summed E-state index contributed by atoms with van der Waals surface area (Å²) >= 11 is 0. The normalized spacial score (nSPS) is 17.8. The number of ether oxygens (including phenoxy) is 1. The van der Waals surface area contributed by atoms with Crippen molar-refractivity contribution < 1.29 is 19.4 Å². The zero-order valence-electron chi connectivity index (χ0n) is 12.5. The summed E-state index contributed by atoms with van der Waals surface area (Å²) in [6, 6.07) is 5.92. The molecule has 1 aliphatic rings. The Morgan fingerprint density at radius 1 is 1.38 bits per heavy atom. The molecule has 1 heterocycles. The molecule has 1 atom stereocenters. The number of carboxylic acid groups (broad SMARTS) is 1. The van der Waals surface area contributed by atoms with Crippen LogP contribution in [0.25, 0.3) is 0 Å². The van der Waals surface area contributed by atoms with Crippen molar-refractivity contribution in [2.75, 3.05) is 19.7 Å². The summed E-state index contributed by atoms with van der Waals surface area (Å²) in [5.74, 6) is -0.493. The van der Waals surface area contributed by atoms with E-state index in [9.17, 15) is 9.59 Å². The van der Waals surface area contributed by atoms with Gasteiger partial charge >= 0.3 is 5.97 Å². The fraction of sp³-hybridized carbons (Fsp3) is 0.500. The maximum Gasteiger partial charge on any atom is 0.308 e. The monoisotopic (exact) mass is 291 g/mol. The summed E-state index contributed by atoms with van der Waals surface area (Å²) in [6.07, 6.45) is 0.818. The number of nitrogens with zero attached hydrogens (tertiary/aromatic N) is 1. The number of amides is 1. The molecule has 0 spiro atoms. The fourth-order valence-corrected chi connectivity index (χ4v) is 2.56. The van der Waals surface area contributed by atoms with Crippen LogP contribution in [0.5, 0.6) is 5.75 Å². The molecule has 1 aromatic carbocycles. The SMILES string of the molecule is Cc1ccc(OCCC(=O)N2CC[C@H](C(=O)O)C2)c(C)c1. The highest BCUT2D eigenvalue weighted by molar-refractivity contribution is 5.78. The molecule has 21 heavy (non-hydrogen) atoms. The maximum atomic E-state index is 12.0. The van der Waals surface area contributed by atoms with Crippen LogP contribution in [0.2, 0.25) is 0 Å². The van der Waals surface area contributed by atoms with Gasteiger partial charge in [0, 0.05) is 13.1 Å². The first-order valence-electron chi connectivity index (χ1n) is 7.18.